The average Bonchev–Trinajstić information content (AvgIpc) is 3.16. The summed E-state index contributed by atoms with van der Waals surface area (Å²) in [5, 5.41) is 0. The van der Waals surface area contributed by atoms with Gasteiger partial charge in [-0.2, -0.15) is 0 Å². The number of esters is 1. The fourth-order valence-electron chi connectivity index (χ4n) is 5.23. The van der Waals surface area contributed by atoms with E-state index in [9.17, 15) is 14.3 Å². The zero-order valence-corrected chi connectivity index (χ0v) is 37.6. The number of rotatable bonds is 39. The van der Waals surface area contributed by atoms with Crippen LogP contribution in [0.1, 0.15) is 142 Å². The van der Waals surface area contributed by atoms with Crippen molar-refractivity contribution in [2.75, 3.05) is 54.1 Å². The third kappa shape index (κ3) is 44.4. The van der Waals surface area contributed by atoms with Crippen molar-refractivity contribution in [3.05, 3.63) is 97.2 Å². The second kappa shape index (κ2) is 40.2. The van der Waals surface area contributed by atoms with Crippen LogP contribution in [0.15, 0.2) is 97.2 Å². The monoisotopic (exact) mass is 816 g/mol. The Bertz CT molecular complexity index is 1230. The molecule has 0 aliphatic carbocycles. The molecule has 9 heteroatoms. The van der Waals surface area contributed by atoms with Crippen LogP contribution in [0.2, 0.25) is 0 Å². The van der Waals surface area contributed by atoms with Gasteiger partial charge < -0.3 is 27.9 Å². The Hall–Kier alpha value is -2.58. The maximum absolute atomic E-state index is 12.7. The van der Waals surface area contributed by atoms with Crippen molar-refractivity contribution < 1.29 is 37.3 Å². The number of ether oxygens (including phenoxy) is 2. The second-order valence-corrected chi connectivity index (χ2v) is 16.7. The molecule has 8 nitrogen and oxygen atoms in total. The van der Waals surface area contributed by atoms with Crippen LogP contribution in [-0.4, -0.2) is 70.7 Å². The van der Waals surface area contributed by atoms with Gasteiger partial charge in [-0.3, -0.25) is 9.36 Å². The molecule has 0 rings (SSSR count). The van der Waals surface area contributed by atoms with Gasteiger partial charge in [0.2, 0.25) is 0 Å². The number of likely N-dealkylation sites (N-methyl/N-ethyl adjacent to an activating group) is 1. The van der Waals surface area contributed by atoms with Crippen LogP contribution in [-0.2, 0) is 27.9 Å². The Kier molecular flexibility index (Phi) is 38.4. The Labute approximate surface area is 349 Å². The molecule has 0 N–H and O–H groups in total. The van der Waals surface area contributed by atoms with Gasteiger partial charge in [0.15, 0.2) is 0 Å². The minimum atomic E-state index is -4.54. The van der Waals surface area contributed by atoms with Crippen molar-refractivity contribution >= 4 is 13.8 Å². The third-order valence-electron chi connectivity index (χ3n) is 8.60. The Morgan fingerprint density at radius 3 is 1.53 bits per heavy atom. The van der Waals surface area contributed by atoms with Gasteiger partial charge in [0, 0.05) is 13.0 Å². The number of quaternary nitrogens is 1. The third-order valence-corrected chi connectivity index (χ3v) is 9.56. The van der Waals surface area contributed by atoms with E-state index < -0.39 is 13.9 Å². The molecule has 0 saturated carbocycles. The van der Waals surface area contributed by atoms with Crippen molar-refractivity contribution in [2.45, 2.75) is 148 Å². The summed E-state index contributed by atoms with van der Waals surface area (Å²) >= 11 is 0. The SMILES string of the molecule is CC/C=C\C/C=C\C/C=C\C/C=C\C/C=C\C/C=C\CCCCCOCC(COP(=O)([O-])OCC[N+](C)(C)C)OC(=O)CCCCCCC/C=C\C/C=C\CCC. The smallest absolute Gasteiger partial charge is 0.306 e. The minimum Gasteiger partial charge on any atom is -0.756 e. The fourth-order valence-corrected chi connectivity index (χ4v) is 5.96. The lowest BCUT2D eigenvalue weighted by molar-refractivity contribution is -0.870. The van der Waals surface area contributed by atoms with E-state index in [-0.39, 0.29) is 32.2 Å². The van der Waals surface area contributed by atoms with Gasteiger partial charge >= 0.3 is 5.97 Å². The van der Waals surface area contributed by atoms with Gasteiger partial charge in [0.1, 0.15) is 19.3 Å². The molecule has 0 spiro atoms. The molecule has 0 bridgehead atoms. The predicted octanol–water partition coefficient (Wildman–Crippen LogP) is 12.4. The van der Waals surface area contributed by atoms with Crippen molar-refractivity contribution in [3.8, 4) is 0 Å². The lowest BCUT2D eigenvalue weighted by Gasteiger charge is -2.28. The molecule has 0 amide bonds. The van der Waals surface area contributed by atoms with Crippen LogP contribution < -0.4 is 4.89 Å². The largest absolute Gasteiger partial charge is 0.756 e. The van der Waals surface area contributed by atoms with E-state index >= 15 is 0 Å². The molecule has 0 aromatic heterocycles. The van der Waals surface area contributed by atoms with Gasteiger partial charge in [0.25, 0.3) is 7.82 Å². The number of carbonyl (C=O) groups is 1. The molecule has 0 aliphatic rings. The maximum atomic E-state index is 12.7. The summed E-state index contributed by atoms with van der Waals surface area (Å²) < 4.78 is 34.5. The van der Waals surface area contributed by atoms with Gasteiger partial charge in [-0.05, 0) is 89.9 Å². The zero-order chi connectivity index (χ0) is 42.0. The Balaban J connectivity index is 4.33. The van der Waals surface area contributed by atoms with Crippen molar-refractivity contribution in [3.63, 3.8) is 0 Å². The highest BCUT2D eigenvalue weighted by Gasteiger charge is 2.20. The normalized spacial score (nSPS) is 14.7. The van der Waals surface area contributed by atoms with E-state index in [1.54, 1.807) is 0 Å². The number of hydrogen-bond donors (Lipinski definition) is 0. The van der Waals surface area contributed by atoms with E-state index in [1.807, 2.05) is 21.1 Å². The molecule has 57 heavy (non-hydrogen) atoms. The molecule has 0 saturated heterocycles. The molecular weight excluding hydrogens is 734 g/mol. The highest BCUT2D eigenvalue weighted by Crippen LogP contribution is 2.38. The standard InChI is InChI=1S/C48H82NO7P/c1-6-8-10-12-14-16-18-20-21-22-23-24-25-26-27-28-30-32-34-36-38-40-43-53-45-47(46-55-57(51,52)54-44-42-49(3,4)5)56-48(50)41-39-37-35-33-31-29-19-17-15-13-11-9-7-2/h8,10-11,13-14,16-17,19-21,23-24,26-27,30,32,47H,6-7,9,12,15,18,22,25,28-29,31,33-46H2,1-5H3/b10-8-,13-11-,16-14-,19-17-,21-20-,24-23-,27-26-,32-30-. The number of phosphoric ester groups is 1. The van der Waals surface area contributed by atoms with Gasteiger partial charge in [-0.25, -0.2) is 0 Å². The first-order valence-electron chi connectivity index (χ1n) is 22.0. The van der Waals surface area contributed by atoms with Crippen LogP contribution in [0.4, 0.5) is 0 Å². The molecule has 0 radical (unpaired) electrons. The van der Waals surface area contributed by atoms with E-state index in [2.05, 4.69) is 111 Å². The average molecular weight is 816 g/mol. The number of allylic oxidation sites excluding steroid dienone is 16. The van der Waals surface area contributed by atoms with E-state index in [0.29, 0.717) is 17.6 Å². The number of unbranched alkanes of at least 4 members (excludes halogenated alkanes) is 9. The van der Waals surface area contributed by atoms with Crippen LogP contribution in [0.5, 0.6) is 0 Å². The molecule has 0 fully saturated rings. The summed E-state index contributed by atoms with van der Waals surface area (Å²) in [4.78, 5) is 25.0. The summed E-state index contributed by atoms with van der Waals surface area (Å²) in [6.07, 6.45) is 54.3. The first-order chi connectivity index (χ1) is 27.6. The fraction of sp³-hybridized carbons (Fsp3) is 0.646. The summed E-state index contributed by atoms with van der Waals surface area (Å²) in [5.41, 5.74) is 0. The molecule has 0 heterocycles. The quantitative estimate of drug-likeness (QED) is 0.0200. The van der Waals surface area contributed by atoms with Crippen LogP contribution in [0.25, 0.3) is 0 Å². The molecule has 2 unspecified atom stereocenters. The zero-order valence-electron chi connectivity index (χ0n) is 36.7. The second-order valence-electron chi connectivity index (χ2n) is 15.3. The lowest BCUT2D eigenvalue weighted by Crippen LogP contribution is -2.37. The van der Waals surface area contributed by atoms with Crippen LogP contribution in [0, 0.1) is 0 Å². The van der Waals surface area contributed by atoms with Crippen LogP contribution in [0.3, 0.4) is 0 Å². The maximum Gasteiger partial charge on any atom is 0.306 e. The number of hydrogen-bond acceptors (Lipinski definition) is 7. The highest BCUT2D eigenvalue weighted by molar-refractivity contribution is 7.45. The van der Waals surface area contributed by atoms with Crippen molar-refractivity contribution in [2.24, 2.45) is 0 Å². The Morgan fingerprint density at radius 1 is 0.561 bits per heavy atom. The summed E-state index contributed by atoms with van der Waals surface area (Å²) in [7, 11) is 1.30. The topological polar surface area (TPSA) is 94.1 Å². The first-order valence-corrected chi connectivity index (χ1v) is 23.4. The van der Waals surface area contributed by atoms with E-state index in [0.717, 1.165) is 116 Å². The molecule has 2 atom stereocenters. The molecule has 0 aromatic rings. The van der Waals surface area contributed by atoms with E-state index in [4.69, 9.17) is 18.5 Å². The number of phosphoric acid groups is 1. The first kappa shape index (κ1) is 54.4. The number of carbonyl (C=O) groups excluding carboxylic acids is 1. The van der Waals surface area contributed by atoms with Crippen LogP contribution >= 0.6 is 7.82 Å². The number of nitrogens with zero attached hydrogens (tertiary/aromatic N) is 1. The van der Waals surface area contributed by atoms with Crippen molar-refractivity contribution in [1.29, 1.82) is 0 Å². The predicted molar refractivity (Wildman–Crippen MR) is 240 cm³/mol. The summed E-state index contributed by atoms with van der Waals surface area (Å²) in [5.74, 6) is -0.366. The molecule has 0 aromatic carbocycles. The molecule has 0 aliphatic heterocycles. The molecular formula is C48H82NO7P. The van der Waals surface area contributed by atoms with Gasteiger partial charge in [-0.15, -0.1) is 0 Å². The minimum absolute atomic E-state index is 0.0104. The van der Waals surface area contributed by atoms with Crippen molar-refractivity contribution in [1.82, 2.24) is 0 Å². The summed E-state index contributed by atoms with van der Waals surface area (Å²) in [6, 6.07) is 0. The highest BCUT2D eigenvalue weighted by atomic mass is 31.2. The summed E-state index contributed by atoms with van der Waals surface area (Å²) in [6.45, 7) is 5.09. The lowest BCUT2D eigenvalue weighted by atomic mass is 10.1. The molecule has 326 valence electrons. The van der Waals surface area contributed by atoms with Gasteiger partial charge in [0.05, 0.1) is 34.4 Å². The Morgan fingerprint density at radius 2 is 1.02 bits per heavy atom. The van der Waals surface area contributed by atoms with E-state index in [1.165, 1.54) is 6.42 Å². The van der Waals surface area contributed by atoms with Gasteiger partial charge in [-0.1, -0.05) is 143 Å².